The van der Waals surface area contributed by atoms with Gasteiger partial charge < -0.3 is 15.0 Å². The molecule has 2 aromatic rings. The topological polar surface area (TPSA) is 41.6 Å². The lowest BCUT2D eigenvalue weighted by Gasteiger charge is -2.19. The predicted octanol–water partition coefficient (Wildman–Crippen LogP) is 4.12. The highest BCUT2D eigenvalue weighted by molar-refractivity contribution is 9.10. The average molecular weight is 412 g/mol. The van der Waals surface area contributed by atoms with Crippen molar-refractivity contribution in [2.24, 2.45) is 0 Å². The third-order valence-corrected chi connectivity index (χ3v) is 4.23. The predicted molar refractivity (Wildman–Crippen MR) is 102 cm³/mol. The van der Waals surface area contributed by atoms with Crippen molar-refractivity contribution in [1.82, 2.24) is 5.32 Å². The lowest BCUT2D eigenvalue weighted by molar-refractivity contribution is -0.123. The number of halogens is 2. The summed E-state index contributed by atoms with van der Waals surface area (Å²) in [5.74, 6) is 0.343. The van der Waals surface area contributed by atoms with Gasteiger partial charge in [0.15, 0.2) is 6.61 Å². The molecule has 0 bridgehead atoms. The number of nitrogens with zero attached hydrogens (tertiary/aromatic N) is 1. The van der Waals surface area contributed by atoms with Crippen molar-refractivity contribution < 1.29 is 9.53 Å². The van der Waals surface area contributed by atoms with Crippen LogP contribution in [0.15, 0.2) is 53.0 Å². The highest BCUT2D eigenvalue weighted by atomic mass is 79.9. The number of amides is 1. The second kappa shape index (κ2) is 9.55. The lowest BCUT2D eigenvalue weighted by Crippen LogP contribution is -2.31. The zero-order chi connectivity index (χ0) is 17.4. The van der Waals surface area contributed by atoms with Crippen molar-refractivity contribution in [3.8, 4) is 5.75 Å². The van der Waals surface area contributed by atoms with Gasteiger partial charge in [-0.15, -0.1) is 0 Å². The summed E-state index contributed by atoms with van der Waals surface area (Å²) in [6, 6.07) is 15.4. The molecule has 0 fully saturated rings. The van der Waals surface area contributed by atoms with E-state index >= 15 is 0 Å². The van der Waals surface area contributed by atoms with Gasteiger partial charge >= 0.3 is 0 Å². The van der Waals surface area contributed by atoms with Crippen LogP contribution in [-0.2, 0) is 4.79 Å². The number of benzene rings is 2. The monoisotopic (exact) mass is 410 g/mol. The van der Waals surface area contributed by atoms with Gasteiger partial charge in [-0.05, 0) is 36.8 Å². The molecule has 0 saturated carbocycles. The van der Waals surface area contributed by atoms with Crippen molar-refractivity contribution in [3.63, 3.8) is 0 Å². The number of ether oxygens (including phenoxy) is 1. The van der Waals surface area contributed by atoms with Crippen LogP contribution in [0, 0.1) is 0 Å². The van der Waals surface area contributed by atoms with Crippen molar-refractivity contribution >= 4 is 39.1 Å². The van der Waals surface area contributed by atoms with Crippen molar-refractivity contribution in [3.05, 3.63) is 58.0 Å². The van der Waals surface area contributed by atoms with E-state index in [2.05, 4.69) is 38.3 Å². The van der Waals surface area contributed by atoms with Gasteiger partial charge in [-0.3, -0.25) is 4.79 Å². The van der Waals surface area contributed by atoms with E-state index in [0.29, 0.717) is 17.3 Å². The SMILES string of the molecule is CN(CCCNC(=O)COc1ccc(Br)cc1Cl)c1ccccc1. The average Bonchev–Trinajstić information content (AvgIpc) is 2.58. The Hall–Kier alpha value is -1.72. The first-order valence-corrected chi connectivity index (χ1v) is 8.84. The summed E-state index contributed by atoms with van der Waals surface area (Å²) >= 11 is 9.36. The zero-order valence-corrected chi connectivity index (χ0v) is 15.8. The number of anilines is 1. The van der Waals surface area contributed by atoms with E-state index in [1.165, 1.54) is 0 Å². The molecule has 0 unspecified atom stereocenters. The van der Waals surface area contributed by atoms with Gasteiger partial charge in [0.1, 0.15) is 5.75 Å². The lowest BCUT2D eigenvalue weighted by atomic mass is 10.3. The molecule has 0 aliphatic carbocycles. The van der Waals surface area contributed by atoms with Crippen molar-refractivity contribution in [2.45, 2.75) is 6.42 Å². The van der Waals surface area contributed by atoms with Crippen LogP contribution in [-0.4, -0.2) is 32.7 Å². The molecular weight excluding hydrogens is 392 g/mol. The first-order chi connectivity index (χ1) is 11.6. The first-order valence-electron chi connectivity index (χ1n) is 7.67. The Kier molecular flexibility index (Phi) is 7.40. The quantitative estimate of drug-likeness (QED) is 0.664. The number of carbonyl (C=O) groups is 1. The molecule has 6 heteroatoms. The third-order valence-electron chi connectivity index (χ3n) is 3.44. The molecule has 0 spiro atoms. The summed E-state index contributed by atoms with van der Waals surface area (Å²) in [5, 5.41) is 3.32. The molecule has 0 heterocycles. The summed E-state index contributed by atoms with van der Waals surface area (Å²) < 4.78 is 6.29. The molecule has 2 rings (SSSR count). The van der Waals surface area contributed by atoms with Crippen molar-refractivity contribution in [1.29, 1.82) is 0 Å². The molecule has 0 atom stereocenters. The second-order valence-electron chi connectivity index (χ2n) is 5.32. The molecule has 1 amide bonds. The fraction of sp³-hybridized carbons (Fsp3) is 0.278. The van der Waals surface area contributed by atoms with Gasteiger partial charge in [0.25, 0.3) is 5.91 Å². The van der Waals surface area contributed by atoms with Gasteiger partial charge in [-0.25, -0.2) is 0 Å². The van der Waals surface area contributed by atoms with Gasteiger partial charge in [0.2, 0.25) is 0 Å². The Labute approximate surface area is 155 Å². The Morgan fingerprint density at radius 1 is 1.25 bits per heavy atom. The fourth-order valence-corrected chi connectivity index (χ4v) is 2.87. The summed E-state index contributed by atoms with van der Waals surface area (Å²) in [4.78, 5) is 14.0. The zero-order valence-electron chi connectivity index (χ0n) is 13.5. The Bertz CT molecular complexity index is 667. The minimum absolute atomic E-state index is 0.0458. The maximum absolute atomic E-state index is 11.8. The molecule has 4 nitrogen and oxygen atoms in total. The number of rotatable bonds is 8. The molecule has 24 heavy (non-hydrogen) atoms. The largest absolute Gasteiger partial charge is 0.482 e. The standard InChI is InChI=1S/C18H20BrClN2O2/c1-22(15-6-3-2-4-7-15)11-5-10-21-18(23)13-24-17-9-8-14(19)12-16(17)20/h2-4,6-9,12H,5,10-11,13H2,1H3,(H,21,23). The highest BCUT2D eigenvalue weighted by Gasteiger charge is 2.06. The highest BCUT2D eigenvalue weighted by Crippen LogP contribution is 2.27. The third kappa shape index (κ3) is 6.06. The Balaban J connectivity index is 1.65. The minimum Gasteiger partial charge on any atom is -0.482 e. The first kappa shape index (κ1) is 18.6. The van der Waals surface area contributed by atoms with E-state index in [9.17, 15) is 4.79 Å². The Morgan fingerprint density at radius 2 is 2.00 bits per heavy atom. The maximum atomic E-state index is 11.8. The maximum Gasteiger partial charge on any atom is 0.257 e. The molecule has 1 N–H and O–H groups in total. The summed E-state index contributed by atoms with van der Waals surface area (Å²) in [7, 11) is 2.04. The molecule has 0 aliphatic heterocycles. The van der Waals surface area contributed by atoms with Crippen LogP contribution in [0.5, 0.6) is 5.75 Å². The van der Waals surface area contributed by atoms with E-state index < -0.39 is 0 Å². The molecule has 0 saturated heterocycles. The van der Waals surface area contributed by atoms with Crippen LogP contribution >= 0.6 is 27.5 Å². The summed E-state index contributed by atoms with van der Waals surface area (Å²) in [6.07, 6.45) is 0.857. The normalized spacial score (nSPS) is 10.3. The van der Waals surface area contributed by atoms with Crippen LogP contribution in [0.1, 0.15) is 6.42 Å². The number of para-hydroxylation sites is 1. The van der Waals surface area contributed by atoms with Crippen LogP contribution < -0.4 is 15.0 Å². The van der Waals surface area contributed by atoms with Crippen LogP contribution in [0.2, 0.25) is 5.02 Å². The summed E-state index contributed by atoms with van der Waals surface area (Å²) in [5.41, 5.74) is 1.16. The van der Waals surface area contributed by atoms with Crippen LogP contribution in [0.25, 0.3) is 0 Å². The molecule has 128 valence electrons. The van der Waals surface area contributed by atoms with Gasteiger partial charge in [0.05, 0.1) is 5.02 Å². The molecule has 0 aromatic heterocycles. The van der Waals surface area contributed by atoms with Gasteiger partial charge in [0, 0.05) is 30.3 Å². The van der Waals surface area contributed by atoms with Crippen LogP contribution in [0.4, 0.5) is 5.69 Å². The minimum atomic E-state index is -0.156. The molecule has 2 aromatic carbocycles. The fourth-order valence-electron chi connectivity index (χ4n) is 2.14. The Morgan fingerprint density at radius 3 is 2.71 bits per heavy atom. The molecule has 0 radical (unpaired) electrons. The number of nitrogens with one attached hydrogen (secondary N) is 1. The van der Waals surface area contributed by atoms with E-state index in [1.807, 2.05) is 31.3 Å². The second-order valence-corrected chi connectivity index (χ2v) is 6.65. The smallest absolute Gasteiger partial charge is 0.257 e. The van der Waals surface area contributed by atoms with E-state index in [4.69, 9.17) is 16.3 Å². The molecular formula is C18H20BrClN2O2. The number of hydrogen-bond donors (Lipinski definition) is 1. The molecule has 0 aliphatic rings. The van der Waals surface area contributed by atoms with Gasteiger partial charge in [-0.2, -0.15) is 0 Å². The number of carbonyl (C=O) groups excluding carboxylic acids is 1. The van der Waals surface area contributed by atoms with E-state index in [0.717, 1.165) is 23.1 Å². The van der Waals surface area contributed by atoms with E-state index in [1.54, 1.807) is 12.1 Å². The number of hydrogen-bond acceptors (Lipinski definition) is 3. The van der Waals surface area contributed by atoms with Crippen molar-refractivity contribution in [2.75, 3.05) is 31.6 Å². The van der Waals surface area contributed by atoms with Crippen LogP contribution in [0.3, 0.4) is 0 Å². The summed E-state index contributed by atoms with van der Waals surface area (Å²) in [6.45, 7) is 1.42. The van der Waals surface area contributed by atoms with Gasteiger partial charge in [-0.1, -0.05) is 45.7 Å². The van der Waals surface area contributed by atoms with E-state index in [-0.39, 0.29) is 12.5 Å².